The molecule has 0 amide bonds. The number of fused-ring (bicyclic) bond motifs is 4. The Morgan fingerprint density at radius 2 is 1.30 bits per heavy atom. The minimum atomic E-state index is -0.427. The maximum Gasteiger partial charge on any atom is 0.342 e. The van der Waals surface area contributed by atoms with Gasteiger partial charge in [0.2, 0.25) is 0 Å². The standard InChI is InChI=1S/C24H18N4O2/c1-2-11-30-24(29)23-21-9-7-19(27-21)13-17-5-3-15(25-17)12-16-4-6-18(26-16)14-20-8-10-22(23)28-20/h3-10,12-14H,2,11H2,1H3. The maximum atomic E-state index is 12.8. The number of hydrogen-bond acceptors (Lipinski definition) is 6. The molecule has 0 aromatic rings. The number of nitrogens with zero attached hydrogens (tertiary/aromatic N) is 4. The second kappa shape index (κ2) is 7.48. The molecule has 0 aromatic carbocycles. The number of allylic oxidation sites excluding steroid dienone is 11. The Morgan fingerprint density at radius 3 is 1.97 bits per heavy atom. The van der Waals surface area contributed by atoms with Gasteiger partial charge in [-0.2, -0.15) is 0 Å². The fraction of sp³-hybridized carbons (Fsp3) is 0.125. The first kappa shape index (κ1) is 18.1. The second-order valence-corrected chi connectivity index (χ2v) is 7.04. The first-order valence-corrected chi connectivity index (χ1v) is 9.82. The van der Waals surface area contributed by atoms with Crippen LogP contribution < -0.4 is 0 Å². The smallest absolute Gasteiger partial charge is 0.342 e. The SMILES string of the molecule is CCCOC(=O)C1=C2C=CC(=N2)C=C2C=CC(=N2)C=C2C=CC(=N2)C=C2C=CC1=N2. The van der Waals surface area contributed by atoms with Crippen LogP contribution in [0.4, 0.5) is 0 Å². The Kier molecular flexibility index (Phi) is 4.52. The molecule has 146 valence electrons. The van der Waals surface area contributed by atoms with Gasteiger partial charge in [0.15, 0.2) is 0 Å². The summed E-state index contributed by atoms with van der Waals surface area (Å²) in [6.07, 6.45) is 21.5. The fourth-order valence-electron chi connectivity index (χ4n) is 3.37. The van der Waals surface area contributed by atoms with Gasteiger partial charge in [0, 0.05) is 0 Å². The molecular formula is C24H18N4O2. The molecule has 0 aromatic heterocycles. The summed E-state index contributed by atoms with van der Waals surface area (Å²) in [4.78, 5) is 31.3. The van der Waals surface area contributed by atoms with E-state index in [1.165, 1.54) is 0 Å². The van der Waals surface area contributed by atoms with E-state index in [-0.39, 0.29) is 0 Å². The van der Waals surface area contributed by atoms with E-state index in [9.17, 15) is 4.79 Å². The lowest BCUT2D eigenvalue weighted by atomic mass is 10.1. The first-order chi connectivity index (χ1) is 14.7. The first-order valence-electron chi connectivity index (χ1n) is 9.82. The summed E-state index contributed by atoms with van der Waals surface area (Å²) in [7, 11) is 0. The number of carbonyl (C=O) groups is 1. The van der Waals surface area contributed by atoms with Crippen molar-refractivity contribution >= 4 is 28.8 Å². The number of aliphatic imine (C=N–C) groups is 4. The quantitative estimate of drug-likeness (QED) is 0.681. The van der Waals surface area contributed by atoms with Crippen molar-refractivity contribution in [2.24, 2.45) is 20.0 Å². The van der Waals surface area contributed by atoms with Gasteiger partial charge in [-0.25, -0.2) is 24.8 Å². The molecule has 5 rings (SSSR count). The van der Waals surface area contributed by atoms with Crippen molar-refractivity contribution in [1.82, 2.24) is 0 Å². The molecule has 0 radical (unpaired) electrons. The van der Waals surface area contributed by atoms with Gasteiger partial charge in [0.25, 0.3) is 0 Å². The number of carbonyl (C=O) groups excluding carboxylic acids is 1. The minimum absolute atomic E-state index is 0.346. The zero-order valence-electron chi connectivity index (χ0n) is 16.4. The van der Waals surface area contributed by atoms with Gasteiger partial charge >= 0.3 is 5.97 Å². The molecule has 6 nitrogen and oxygen atoms in total. The van der Waals surface area contributed by atoms with Gasteiger partial charge in [-0.15, -0.1) is 0 Å². The average Bonchev–Trinajstić information content (AvgIpc) is 3.51. The van der Waals surface area contributed by atoms with Crippen LogP contribution in [0.5, 0.6) is 0 Å². The van der Waals surface area contributed by atoms with Crippen LogP contribution in [0.1, 0.15) is 13.3 Å². The lowest BCUT2D eigenvalue weighted by Crippen LogP contribution is -2.16. The Morgan fingerprint density at radius 1 is 0.733 bits per heavy atom. The number of rotatable bonds is 3. The van der Waals surface area contributed by atoms with Crippen molar-refractivity contribution in [2.45, 2.75) is 13.3 Å². The van der Waals surface area contributed by atoms with Crippen LogP contribution in [0, 0.1) is 0 Å². The van der Waals surface area contributed by atoms with E-state index in [4.69, 9.17) is 4.74 Å². The summed E-state index contributed by atoms with van der Waals surface area (Å²) >= 11 is 0. The largest absolute Gasteiger partial charge is 0.462 e. The third-order valence-corrected chi connectivity index (χ3v) is 4.73. The molecule has 0 saturated heterocycles. The predicted octanol–water partition coefficient (Wildman–Crippen LogP) is 3.90. The van der Waals surface area contributed by atoms with Crippen molar-refractivity contribution in [2.75, 3.05) is 6.61 Å². The van der Waals surface area contributed by atoms with Gasteiger partial charge < -0.3 is 4.74 Å². The Labute approximate surface area is 173 Å². The number of ether oxygens (including phenoxy) is 1. The van der Waals surface area contributed by atoms with Gasteiger partial charge in [-0.1, -0.05) is 6.92 Å². The van der Waals surface area contributed by atoms with E-state index >= 15 is 0 Å². The monoisotopic (exact) mass is 394 g/mol. The van der Waals surface area contributed by atoms with Crippen molar-refractivity contribution in [3.63, 3.8) is 0 Å². The average molecular weight is 394 g/mol. The molecule has 6 heteroatoms. The molecule has 5 aliphatic heterocycles. The van der Waals surface area contributed by atoms with E-state index in [1.54, 1.807) is 0 Å². The lowest BCUT2D eigenvalue weighted by molar-refractivity contribution is -0.138. The van der Waals surface area contributed by atoms with Crippen LogP contribution in [0.15, 0.2) is 115 Å². The molecule has 0 spiro atoms. The Balaban J connectivity index is 1.65. The third kappa shape index (κ3) is 3.55. The third-order valence-electron chi connectivity index (χ3n) is 4.73. The molecule has 0 aliphatic carbocycles. The number of esters is 1. The summed E-state index contributed by atoms with van der Waals surface area (Å²) in [5.41, 5.74) is 6.10. The van der Waals surface area contributed by atoms with E-state index in [0.717, 1.165) is 40.6 Å². The predicted molar refractivity (Wildman–Crippen MR) is 119 cm³/mol. The molecule has 8 bridgehead atoms. The maximum absolute atomic E-state index is 12.8. The van der Waals surface area contributed by atoms with Gasteiger partial charge in [-0.3, -0.25) is 0 Å². The van der Waals surface area contributed by atoms with Gasteiger partial charge in [0.05, 0.1) is 52.2 Å². The molecule has 0 unspecified atom stereocenters. The molecule has 0 saturated carbocycles. The second-order valence-electron chi connectivity index (χ2n) is 7.04. The summed E-state index contributed by atoms with van der Waals surface area (Å²) < 4.78 is 5.41. The normalized spacial score (nSPS) is 20.6. The Hall–Kier alpha value is -3.93. The van der Waals surface area contributed by atoms with Crippen LogP contribution in [-0.2, 0) is 9.53 Å². The molecule has 30 heavy (non-hydrogen) atoms. The van der Waals surface area contributed by atoms with Gasteiger partial charge in [0.1, 0.15) is 5.57 Å². The summed E-state index contributed by atoms with van der Waals surface area (Å²) in [5, 5.41) is 0. The van der Waals surface area contributed by atoms with Crippen molar-refractivity contribution in [3.8, 4) is 0 Å². The molecule has 5 aliphatic rings. The van der Waals surface area contributed by atoms with E-state index in [0.29, 0.717) is 23.6 Å². The summed E-state index contributed by atoms with van der Waals surface area (Å²) in [6.45, 7) is 2.30. The van der Waals surface area contributed by atoms with Crippen LogP contribution in [0.3, 0.4) is 0 Å². The van der Waals surface area contributed by atoms with Crippen molar-refractivity contribution < 1.29 is 9.53 Å². The van der Waals surface area contributed by atoms with Crippen molar-refractivity contribution in [1.29, 1.82) is 0 Å². The van der Waals surface area contributed by atoms with Crippen LogP contribution in [-0.4, -0.2) is 35.4 Å². The highest BCUT2D eigenvalue weighted by atomic mass is 16.5. The topological polar surface area (TPSA) is 75.7 Å². The highest BCUT2D eigenvalue weighted by molar-refractivity contribution is 6.27. The Bertz CT molecular complexity index is 1220. The molecule has 0 N–H and O–H groups in total. The lowest BCUT2D eigenvalue weighted by Gasteiger charge is -2.08. The van der Waals surface area contributed by atoms with E-state index < -0.39 is 5.97 Å². The molecular weight excluding hydrogens is 376 g/mol. The molecule has 0 atom stereocenters. The number of hydrogen-bond donors (Lipinski definition) is 0. The fourth-order valence-corrected chi connectivity index (χ4v) is 3.37. The summed E-state index contributed by atoms with van der Waals surface area (Å²) in [6, 6.07) is 0. The molecule has 5 heterocycles. The highest BCUT2D eigenvalue weighted by Gasteiger charge is 2.24. The molecule has 0 fully saturated rings. The minimum Gasteiger partial charge on any atom is -0.462 e. The van der Waals surface area contributed by atoms with Crippen LogP contribution in [0.25, 0.3) is 0 Å². The van der Waals surface area contributed by atoms with Crippen molar-refractivity contribution in [3.05, 3.63) is 95.2 Å². The highest BCUT2D eigenvalue weighted by Crippen LogP contribution is 2.24. The van der Waals surface area contributed by atoms with Crippen LogP contribution >= 0.6 is 0 Å². The summed E-state index contributed by atoms with van der Waals surface area (Å²) in [5.74, 6) is -0.427. The van der Waals surface area contributed by atoms with E-state index in [2.05, 4.69) is 20.0 Å². The zero-order valence-corrected chi connectivity index (χ0v) is 16.4. The van der Waals surface area contributed by atoms with E-state index in [1.807, 2.05) is 73.8 Å². The van der Waals surface area contributed by atoms with Gasteiger partial charge in [-0.05, 0) is 73.3 Å². The van der Waals surface area contributed by atoms with Crippen LogP contribution in [0.2, 0.25) is 0 Å². The zero-order chi connectivity index (χ0) is 20.5.